The molecular formula is C20H21FN2O4. The topological polar surface area (TPSA) is 92.3 Å². The molecule has 1 atom stereocenters. The van der Waals surface area contributed by atoms with E-state index in [-0.39, 0.29) is 29.7 Å². The number of rotatable bonds is 7. The molecule has 7 heteroatoms. The van der Waals surface area contributed by atoms with Crippen molar-refractivity contribution in [2.75, 3.05) is 0 Å². The summed E-state index contributed by atoms with van der Waals surface area (Å²) in [6, 6.07) is 7.04. The average molecular weight is 372 g/mol. The number of nitriles is 1. The maximum atomic E-state index is 13.1. The molecule has 2 rings (SSSR count). The van der Waals surface area contributed by atoms with Crippen molar-refractivity contribution in [2.24, 2.45) is 0 Å². The van der Waals surface area contributed by atoms with Crippen molar-refractivity contribution in [3.05, 3.63) is 57.1 Å². The van der Waals surface area contributed by atoms with Crippen molar-refractivity contribution in [1.82, 2.24) is 4.57 Å². The minimum Gasteiger partial charge on any atom is -0.494 e. The van der Waals surface area contributed by atoms with Gasteiger partial charge in [0.2, 0.25) is 11.7 Å². The van der Waals surface area contributed by atoms with Gasteiger partial charge in [0.05, 0.1) is 5.56 Å². The third-order valence-corrected chi connectivity index (χ3v) is 4.25. The maximum Gasteiger partial charge on any atom is 0.271 e. The molecule has 1 N–H and O–H groups in total. The van der Waals surface area contributed by atoms with Gasteiger partial charge in [0.25, 0.3) is 5.56 Å². The number of benzene rings is 1. The number of aromatic nitrogens is 1. The van der Waals surface area contributed by atoms with Crippen molar-refractivity contribution in [1.29, 1.82) is 5.26 Å². The number of aromatic hydroxyl groups is 1. The Balaban J connectivity index is 2.52. The number of pyridine rings is 1. The zero-order chi connectivity index (χ0) is 20.1. The van der Waals surface area contributed by atoms with E-state index in [1.807, 2.05) is 13.0 Å². The van der Waals surface area contributed by atoms with E-state index in [4.69, 9.17) is 4.74 Å². The molecule has 0 radical (unpaired) electrons. The van der Waals surface area contributed by atoms with Crippen molar-refractivity contribution in [2.45, 2.75) is 46.3 Å². The molecule has 27 heavy (non-hydrogen) atoms. The van der Waals surface area contributed by atoms with Crippen LogP contribution < -0.4 is 10.3 Å². The van der Waals surface area contributed by atoms with E-state index in [0.717, 1.165) is 4.57 Å². The normalized spacial score (nSPS) is 11.7. The lowest BCUT2D eigenvalue weighted by Crippen LogP contribution is -2.32. The lowest BCUT2D eigenvalue weighted by Gasteiger charge is -2.20. The predicted molar refractivity (Wildman–Crippen MR) is 97.5 cm³/mol. The van der Waals surface area contributed by atoms with Gasteiger partial charge in [-0.2, -0.15) is 5.26 Å². The molecule has 6 nitrogen and oxygen atoms in total. The van der Waals surface area contributed by atoms with Crippen LogP contribution in [0, 0.1) is 24.1 Å². The summed E-state index contributed by atoms with van der Waals surface area (Å²) in [5.74, 6) is -1.14. The number of carbonyl (C=O) groups excluding carboxylic acids is 1. The number of hydrogen-bond donors (Lipinski definition) is 1. The number of ether oxygens (including phenoxy) is 1. The molecule has 0 aliphatic carbocycles. The minimum atomic E-state index is -0.959. The van der Waals surface area contributed by atoms with Gasteiger partial charge in [-0.3, -0.25) is 14.2 Å². The van der Waals surface area contributed by atoms with Crippen LogP contribution in [0.5, 0.6) is 11.6 Å². The van der Waals surface area contributed by atoms with Crippen molar-refractivity contribution in [3.8, 4) is 17.7 Å². The summed E-state index contributed by atoms with van der Waals surface area (Å²) in [4.78, 5) is 25.4. The Bertz CT molecular complexity index is 942. The molecule has 1 heterocycles. The summed E-state index contributed by atoms with van der Waals surface area (Å²) in [5.41, 5.74) is -0.785. The third-order valence-electron chi connectivity index (χ3n) is 4.25. The quantitative estimate of drug-likeness (QED) is 0.753. The smallest absolute Gasteiger partial charge is 0.271 e. The second-order valence-corrected chi connectivity index (χ2v) is 6.10. The molecular weight excluding hydrogens is 351 g/mol. The van der Waals surface area contributed by atoms with E-state index in [9.17, 15) is 24.3 Å². The van der Waals surface area contributed by atoms with Gasteiger partial charge < -0.3 is 9.84 Å². The number of halogens is 1. The second-order valence-electron chi connectivity index (χ2n) is 6.10. The molecule has 0 spiro atoms. The van der Waals surface area contributed by atoms with Gasteiger partial charge in [-0.25, -0.2) is 4.39 Å². The van der Waals surface area contributed by atoms with Crippen LogP contribution in [0.25, 0.3) is 0 Å². The number of hydrogen-bond acceptors (Lipinski definition) is 5. The number of Topliss-reactive ketones (excluding diaryl/α,β-unsaturated/α-hetero) is 1. The van der Waals surface area contributed by atoms with Crippen LogP contribution in [0.4, 0.5) is 4.39 Å². The highest BCUT2D eigenvalue weighted by molar-refractivity contribution is 6.03. The van der Waals surface area contributed by atoms with E-state index in [1.54, 1.807) is 6.92 Å². The first-order valence-corrected chi connectivity index (χ1v) is 8.68. The van der Waals surface area contributed by atoms with E-state index in [0.29, 0.717) is 12.2 Å². The van der Waals surface area contributed by atoms with Crippen LogP contribution in [0.3, 0.4) is 0 Å². The first kappa shape index (κ1) is 20.2. The Morgan fingerprint density at radius 3 is 2.48 bits per heavy atom. The van der Waals surface area contributed by atoms with Crippen LogP contribution in [0.1, 0.15) is 48.2 Å². The van der Waals surface area contributed by atoms with Gasteiger partial charge in [0, 0.05) is 6.54 Å². The highest BCUT2D eigenvalue weighted by atomic mass is 19.1. The molecule has 0 aliphatic heterocycles. The first-order chi connectivity index (χ1) is 12.8. The largest absolute Gasteiger partial charge is 0.494 e. The number of nitrogens with zero attached hydrogens (tertiary/aromatic N) is 2. The molecule has 0 saturated carbocycles. The van der Waals surface area contributed by atoms with Gasteiger partial charge in [-0.1, -0.05) is 13.8 Å². The zero-order valence-corrected chi connectivity index (χ0v) is 15.5. The SMILES string of the molecule is CCCn1c(O)c(C(=O)C(CC)Oc2ccc(F)cc2)c(C)c(C#N)c1=O. The highest BCUT2D eigenvalue weighted by Gasteiger charge is 2.29. The molecule has 1 unspecified atom stereocenters. The Morgan fingerprint density at radius 2 is 1.96 bits per heavy atom. The fourth-order valence-electron chi connectivity index (χ4n) is 2.84. The summed E-state index contributed by atoms with van der Waals surface area (Å²) in [7, 11) is 0. The fraction of sp³-hybridized carbons (Fsp3) is 0.350. The molecule has 142 valence electrons. The van der Waals surface area contributed by atoms with Crippen LogP contribution in [0.15, 0.2) is 29.1 Å². The monoisotopic (exact) mass is 372 g/mol. The van der Waals surface area contributed by atoms with Crippen LogP contribution in [-0.2, 0) is 6.54 Å². The van der Waals surface area contributed by atoms with E-state index in [1.165, 1.54) is 31.2 Å². The average Bonchev–Trinajstić information content (AvgIpc) is 2.65. The molecule has 0 fully saturated rings. The van der Waals surface area contributed by atoms with E-state index < -0.39 is 29.1 Å². The number of carbonyl (C=O) groups is 1. The molecule has 1 aromatic carbocycles. The zero-order valence-electron chi connectivity index (χ0n) is 15.5. The summed E-state index contributed by atoms with van der Waals surface area (Å²) in [5, 5.41) is 19.9. The lowest BCUT2D eigenvalue weighted by atomic mass is 9.97. The van der Waals surface area contributed by atoms with Crippen LogP contribution in [0.2, 0.25) is 0 Å². The summed E-state index contributed by atoms with van der Waals surface area (Å²) in [6.07, 6.45) is -0.137. The molecule has 0 aliphatic rings. The maximum absolute atomic E-state index is 13.1. The summed E-state index contributed by atoms with van der Waals surface area (Å²) >= 11 is 0. The van der Waals surface area contributed by atoms with E-state index in [2.05, 4.69) is 0 Å². The molecule has 0 bridgehead atoms. The van der Waals surface area contributed by atoms with Gasteiger partial charge >= 0.3 is 0 Å². The number of ketones is 1. The molecule has 2 aromatic rings. The van der Waals surface area contributed by atoms with E-state index >= 15 is 0 Å². The van der Waals surface area contributed by atoms with Crippen molar-refractivity contribution in [3.63, 3.8) is 0 Å². The Labute approximate surface area is 156 Å². The Hall–Kier alpha value is -3.14. The predicted octanol–water partition coefficient (Wildman–Crippen LogP) is 3.32. The Kier molecular flexibility index (Phi) is 6.35. The van der Waals surface area contributed by atoms with Gasteiger partial charge in [-0.05, 0) is 49.6 Å². The van der Waals surface area contributed by atoms with Crippen molar-refractivity contribution < 1.29 is 19.0 Å². The molecule has 0 amide bonds. The molecule has 0 saturated heterocycles. The lowest BCUT2D eigenvalue weighted by molar-refractivity contribution is 0.0781. The van der Waals surface area contributed by atoms with Gasteiger partial charge in [-0.15, -0.1) is 0 Å². The van der Waals surface area contributed by atoms with Crippen LogP contribution in [-0.4, -0.2) is 21.6 Å². The second kappa shape index (κ2) is 8.49. The highest BCUT2D eigenvalue weighted by Crippen LogP contribution is 2.26. The first-order valence-electron chi connectivity index (χ1n) is 8.68. The summed E-state index contributed by atoms with van der Waals surface area (Å²) in [6.45, 7) is 5.17. The molecule has 1 aromatic heterocycles. The summed E-state index contributed by atoms with van der Waals surface area (Å²) < 4.78 is 19.7. The standard InChI is InChI=1S/C20H21FN2O4/c1-4-10-23-19(25)15(11-22)12(3)17(20(23)26)18(24)16(5-2)27-14-8-6-13(21)7-9-14/h6-9,16,26H,4-5,10H2,1-3H3. The fourth-order valence-corrected chi connectivity index (χ4v) is 2.84. The Morgan fingerprint density at radius 1 is 1.33 bits per heavy atom. The van der Waals surface area contributed by atoms with Crippen molar-refractivity contribution >= 4 is 5.78 Å². The van der Waals surface area contributed by atoms with Gasteiger partial charge in [0.15, 0.2) is 6.10 Å². The van der Waals surface area contributed by atoms with Crippen LogP contribution >= 0.6 is 0 Å². The minimum absolute atomic E-state index is 0.103. The third kappa shape index (κ3) is 4.00. The van der Waals surface area contributed by atoms with Gasteiger partial charge in [0.1, 0.15) is 23.2 Å².